The number of rotatable bonds is 6. The second-order valence-corrected chi connectivity index (χ2v) is 8.17. The van der Waals surface area contributed by atoms with Gasteiger partial charge in [-0.25, -0.2) is 9.37 Å². The van der Waals surface area contributed by atoms with E-state index in [2.05, 4.69) is 11.9 Å². The number of hydrogen-bond donors (Lipinski definition) is 1. The lowest BCUT2D eigenvalue weighted by Crippen LogP contribution is -2.10. The van der Waals surface area contributed by atoms with Crippen LogP contribution in [-0.4, -0.2) is 29.3 Å². The molecule has 3 heterocycles. The third kappa shape index (κ3) is 3.70. The molecule has 150 valence electrons. The SMILES string of the molecule is C=C(CNC)c1c(-c2ccc(F)cc2)nc2ccc(-c3cc(C=O)pcc3C)cn12. The van der Waals surface area contributed by atoms with Crippen LogP contribution >= 0.6 is 8.19 Å². The Morgan fingerprint density at radius 3 is 2.67 bits per heavy atom. The summed E-state index contributed by atoms with van der Waals surface area (Å²) in [6, 6.07) is 12.2. The van der Waals surface area contributed by atoms with Crippen LogP contribution in [0.15, 0.2) is 61.0 Å². The number of aromatic nitrogens is 2. The standard InChI is InChI=1S/C24H21FN3OP/c1-15(11-26-3)24-23(17-4-7-19(25)8-5-17)27-22-9-6-18(12-28(22)24)21-10-20(13-29)30-14-16(21)2/h4-10,12-14,26H,1,11H2,2-3H3. The van der Waals surface area contributed by atoms with Gasteiger partial charge in [-0.2, -0.15) is 0 Å². The van der Waals surface area contributed by atoms with E-state index in [0.717, 1.165) is 64.6 Å². The second kappa shape index (κ2) is 8.31. The Balaban J connectivity index is 1.95. The van der Waals surface area contributed by atoms with Gasteiger partial charge < -0.3 is 5.32 Å². The van der Waals surface area contributed by atoms with Gasteiger partial charge in [-0.1, -0.05) is 14.8 Å². The van der Waals surface area contributed by atoms with Gasteiger partial charge in [0.1, 0.15) is 11.5 Å². The Morgan fingerprint density at radius 2 is 1.97 bits per heavy atom. The summed E-state index contributed by atoms with van der Waals surface area (Å²) in [5.74, 6) is 1.76. The lowest BCUT2D eigenvalue weighted by Gasteiger charge is -2.11. The molecule has 30 heavy (non-hydrogen) atoms. The lowest BCUT2D eigenvalue weighted by atomic mass is 10.0. The van der Waals surface area contributed by atoms with Crippen LogP contribution in [0.1, 0.15) is 21.3 Å². The highest BCUT2D eigenvalue weighted by molar-refractivity contribution is 7.31. The molecule has 6 heteroatoms. The summed E-state index contributed by atoms with van der Waals surface area (Å²) in [6.45, 7) is 6.89. The molecule has 0 spiro atoms. The molecule has 0 aliphatic heterocycles. The summed E-state index contributed by atoms with van der Waals surface area (Å²) in [6.07, 6.45) is 2.92. The highest BCUT2D eigenvalue weighted by Gasteiger charge is 2.17. The van der Waals surface area contributed by atoms with Gasteiger partial charge in [0.2, 0.25) is 0 Å². The van der Waals surface area contributed by atoms with Crippen LogP contribution in [0.4, 0.5) is 4.39 Å². The molecule has 3 aromatic heterocycles. The number of imidazole rings is 1. The van der Waals surface area contributed by atoms with E-state index in [9.17, 15) is 9.18 Å². The van der Waals surface area contributed by atoms with Gasteiger partial charge in [0.15, 0.2) is 6.29 Å². The van der Waals surface area contributed by atoms with Crippen molar-refractivity contribution in [2.75, 3.05) is 13.6 Å². The normalized spacial score (nSPS) is 11.3. The molecule has 0 aliphatic carbocycles. The number of pyridine rings is 1. The maximum atomic E-state index is 13.5. The number of benzene rings is 1. The zero-order chi connectivity index (χ0) is 21.3. The van der Waals surface area contributed by atoms with E-state index >= 15 is 0 Å². The van der Waals surface area contributed by atoms with E-state index in [0.29, 0.717) is 6.54 Å². The van der Waals surface area contributed by atoms with E-state index in [-0.39, 0.29) is 5.82 Å². The number of nitrogens with zero attached hydrogens (tertiary/aromatic N) is 2. The molecule has 0 amide bonds. The smallest absolute Gasteiger partial charge is 0.154 e. The Bertz CT molecular complexity index is 1260. The first-order chi connectivity index (χ1) is 14.5. The Labute approximate surface area is 176 Å². The molecule has 0 aliphatic rings. The molecule has 4 aromatic rings. The molecule has 0 fully saturated rings. The van der Waals surface area contributed by atoms with Crippen molar-refractivity contribution < 1.29 is 9.18 Å². The number of likely N-dealkylation sites (N-methyl/N-ethyl adjacent to an activating group) is 1. The first-order valence-corrected chi connectivity index (χ1v) is 10.5. The van der Waals surface area contributed by atoms with Crippen molar-refractivity contribution in [2.45, 2.75) is 6.92 Å². The summed E-state index contributed by atoms with van der Waals surface area (Å²) in [5, 5.41) is 3.87. The van der Waals surface area contributed by atoms with Crippen molar-refractivity contribution in [2.24, 2.45) is 0 Å². The van der Waals surface area contributed by atoms with Crippen LogP contribution in [0.25, 0.3) is 33.6 Å². The van der Waals surface area contributed by atoms with E-state index < -0.39 is 0 Å². The third-order valence-electron chi connectivity index (χ3n) is 5.02. The molecule has 4 rings (SSSR count). The van der Waals surface area contributed by atoms with Gasteiger partial charge in [-0.3, -0.25) is 9.20 Å². The molecular weight excluding hydrogens is 396 g/mol. The van der Waals surface area contributed by atoms with Crippen molar-refractivity contribution >= 4 is 25.7 Å². The monoisotopic (exact) mass is 417 g/mol. The van der Waals surface area contributed by atoms with Crippen LogP contribution < -0.4 is 5.32 Å². The number of nitrogens with one attached hydrogen (secondary N) is 1. The first-order valence-electron chi connectivity index (χ1n) is 9.55. The average molecular weight is 417 g/mol. The maximum Gasteiger partial charge on any atom is 0.154 e. The molecule has 0 radical (unpaired) electrons. The highest BCUT2D eigenvalue weighted by atomic mass is 31.0. The third-order valence-corrected chi connectivity index (χ3v) is 6.07. The minimum Gasteiger partial charge on any atom is -0.316 e. The average Bonchev–Trinajstić information content (AvgIpc) is 3.13. The number of carbonyl (C=O) groups is 1. The molecule has 0 atom stereocenters. The van der Waals surface area contributed by atoms with Crippen molar-refractivity contribution in [3.63, 3.8) is 0 Å². The van der Waals surface area contributed by atoms with E-state index in [4.69, 9.17) is 4.98 Å². The van der Waals surface area contributed by atoms with Gasteiger partial charge in [-0.15, -0.1) is 0 Å². The molecule has 0 unspecified atom stereocenters. The number of aldehydes is 1. The van der Waals surface area contributed by atoms with E-state index in [1.54, 1.807) is 12.1 Å². The van der Waals surface area contributed by atoms with Crippen LogP contribution in [0.3, 0.4) is 0 Å². The Morgan fingerprint density at radius 1 is 1.23 bits per heavy atom. The van der Waals surface area contributed by atoms with Crippen molar-refractivity contribution in [1.29, 1.82) is 0 Å². The van der Waals surface area contributed by atoms with Crippen LogP contribution in [-0.2, 0) is 0 Å². The molecule has 0 saturated heterocycles. The zero-order valence-corrected chi connectivity index (χ0v) is 17.7. The number of carbonyl (C=O) groups excluding carboxylic acids is 1. The zero-order valence-electron chi connectivity index (χ0n) is 16.8. The number of fused-ring (bicyclic) bond motifs is 1. The quantitative estimate of drug-likeness (QED) is 0.407. The summed E-state index contributed by atoms with van der Waals surface area (Å²) < 4.78 is 15.5. The van der Waals surface area contributed by atoms with Crippen LogP contribution in [0.5, 0.6) is 0 Å². The van der Waals surface area contributed by atoms with E-state index in [1.807, 2.05) is 48.6 Å². The molecular formula is C24H21FN3OP. The van der Waals surface area contributed by atoms with Crippen molar-refractivity contribution in [3.05, 3.63) is 83.4 Å². The van der Waals surface area contributed by atoms with Crippen molar-refractivity contribution in [3.8, 4) is 22.4 Å². The Kier molecular flexibility index (Phi) is 5.58. The largest absolute Gasteiger partial charge is 0.316 e. The molecule has 1 aromatic carbocycles. The highest BCUT2D eigenvalue weighted by Crippen LogP contribution is 2.33. The predicted molar refractivity (Wildman–Crippen MR) is 122 cm³/mol. The Hall–Kier alpha value is -3.14. The van der Waals surface area contributed by atoms with Gasteiger partial charge in [0, 0.05) is 23.6 Å². The summed E-state index contributed by atoms with van der Waals surface area (Å²) in [4.78, 5) is 16.1. The van der Waals surface area contributed by atoms with Gasteiger partial charge in [0.25, 0.3) is 0 Å². The lowest BCUT2D eigenvalue weighted by molar-refractivity contribution is 0.112. The minimum absolute atomic E-state index is 0.284. The number of hydrogen-bond acceptors (Lipinski definition) is 3. The summed E-state index contributed by atoms with van der Waals surface area (Å²) in [5.41, 5.74) is 7.26. The second-order valence-electron chi connectivity index (χ2n) is 7.14. The van der Waals surface area contributed by atoms with Gasteiger partial charge >= 0.3 is 0 Å². The summed E-state index contributed by atoms with van der Waals surface area (Å²) in [7, 11) is 2.78. The molecule has 0 saturated carbocycles. The fraction of sp³-hybridized carbons (Fsp3) is 0.125. The van der Waals surface area contributed by atoms with Gasteiger partial charge in [0.05, 0.1) is 11.4 Å². The van der Waals surface area contributed by atoms with Crippen molar-refractivity contribution in [1.82, 2.24) is 14.7 Å². The molecule has 4 nitrogen and oxygen atoms in total. The minimum atomic E-state index is -0.284. The van der Waals surface area contributed by atoms with Crippen LogP contribution in [0.2, 0.25) is 0 Å². The fourth-order valence-corrected chi connectivity index (χ4v) is 4.31. The first kappa shape index (κ1) is 20.1. The topological polar surface area (TPSA) is 46.4 Å². The summed E-state index contributed by atoms with van der Waals surface area (Å²) >= 11 is 0. The molecule has 1 N–H and O–H groups in total. The van der Waals surface area contributed by atoms with Gasteiger partial charge in [-0.05, 0) is 84.5 Å². The fourth-order valence-electron chi connectivity index (χ4n) is 3.56. The number of aryl methyl sites for hydroxylation is 1. The van der Waals surface area contributed by atoms with Crippen LogP contribution in [0, 0.1) is 12.7 Å². The van der Waals surface area contributed by atoms with E-state index in [1.165, 1.54) is 12.1 Å². The maximum absolute atomic E-state index is 13.5. The number of halogens is 1. The molecule has 0 bridgehead atoms. The predicted octanol–water partition coefficient (Wildman–Crippen LogP) is 5.74.